The Balaban J connectivity index is 1.51. The van der Waals surface area contributed by atoms with Crippen molar-refractivity contribution < 1.29 is 9.18 Å². The highest BCUT2D eigenvalue weighted by molar-refractivity contribution is 6.04. The summed E-state index contributed by atoms with van der Waals surface area (Å²) < 4.78 is 13.2. The Morgan fingerprint density at radius 2 is 2.16 bits per heavy atom. The number of fused-ring (bicyclic) bond motifs is 4. The zero-order valence-electron chi connectivity index (χ0n) is 17.0. The summed E-state index contributed by atoms with van der Waals surface area (Å²) in [5.74, 6) is 0.478. The molecule has 2 bridgehead atoms. The van der Waals surface area contributed by atoms with Crippen molar-refractivity contribution in [1.82, 2.24) is 9.97 Å². The minimum absolute atomic E-state index is 0.0225. The standard InChI is InChI=1S/C23H21FN6O/c1-25-12-15-3-2-4-16(11-15)19-6-7-20-22(27-19)30(18-9-10-29(20)14-18)23(31)28-21-8-5-17(24)13-26-21/h2-8,11-13,18H,9-10,14H2,1H3,(H,26,28,31)/b25-12+/t18-/m0/s1. The molecule has 0 aliphatic carbocycles. The predicted molar refractivity (Wildman–Crippen MR) is 120 cm³/mol. The van der Waals surface area contributed by atoms with Crippen molar-refractivity contribution in [2.75, 3.05) is 35.3 Å². The molecule has 1 aromatic carbocycles. The van der Waals surface area contributed by atoms with Crippen LogP contribution in [0.1, 0.15) is 12.0 Å². The molecule has 1 saturated heterocycles. The van der Waals surface area contributed by atoms with Gasteiger partial charge in [-0.05, 0) is 42.3 Å². The van der Waals surface area contributed by atoms with Gasteiger partial charge in [-0.2, -0.15) is 0 Å². The topological polar surface area (TPSA) is 73.7 Å². The molecule has 5 rings (SSSR count). The van der Waals surface area contributed by atoms with Crippen LogP contribution in [0.15, 0.2) is 59.7 Å². The third-order valence-electron chi connectivity index (χ3n) is 5.59. The molecule has 2 aliphatic heterocycles. The first kappa shape index (κ1) is 19.2. The predicted octanol–water partition coefficient (Wildman–Crippen LogP) is 3.96. The molecule has 3 aromatic rings. The lowest BCUT2D eigenvalue weighted by atomic mass is 10.1. The molecule has 7 nitrogen and oxygen atoms in total. The fraction of sp³-hybridized carbons (Fsp3) is 0.217. The number of halogens is 1. The van der Waals surface area contributed by atoms with Crippen LogP contribution in [0.4, 0.5) is 26.5 Å². The smallest absolute Gasteiger partial charge is 0.329 e. The van der Waals surface area contributed by atoms with Crippen LogP contribution in [0, 0.1) is 5.82 Å². The number of hydrogen-bond donors (Lipinski definition) is 1. The Morgan fingerprint density at radius 3 is 2.97 bits per heavy atom. The van der Waals surface area contributed by atoms with Gasteiger partial charge in [0.05, 0.1) is 23.6 Å². The molecule has 156 valence electrons. The van der Waals surface area contributed by atoms with E-state index in [2.05, 4.69) is 20.2 Å². The molecule has 1 atom stereocenters. The lowest BCUT2D eigenvalue weighted by Crippen LogP contribution is -2.48. The van der Waals surface area contributed by atoms with Gasteiger partial charge in [-0.15, -0.1) is 0 Å². The summed E-state index contributed by atoms with van der Waals surface area (Å²) in [7, 11) is 1.74. The molecule has 0 saturated carbocycles. The summed E-state index contributed by atoms with van der Waals surface area (Å²) in [6.07, 6.45) is 3.74. The Kier molecular flexibility index (Phi) is 4.82. The van der Waals surface area contributed by atoms with Crippen LogP contribution in [-0.4, -0.2) is 48.4 Å². The van der Waals surface area contributed by atoms with E-state index in [0.29, 0.717) is 11.6 Å². The number of aromatic nitrogens is 2. The molecular formula is C23H21FN6O. The van der Waals surface area contributed by atoms with E-state index in [1.165, 1.54) is 12.1 Å². The normalized spacial score (nSPS) is 17.2. The fourth-order valence-corrected chi connectivity index (χ4v) is 4.18. The Morgan fingerprint density at radius 1 is 1.26 bits per heavy atom. The number of benzene rings is 1. The van der Waals surface area contributed by atoms with E-state index in [1.807, 2.05) is 36.4 Å². The first-order valence-corrected chi connectivity index (χ1v) is 10.1. The van der Waals surface area contributed by atoms with E-state index < -0.39 is 5.82 Å². The van der Waals surface area contributed by atoms with Gasteiger partial charge in [0.2, 0.25) is 0 Å². The van der Waals surface area contributed by atoms with E-state index in [0.717, 1.165) is 48.2 Å². The summed E-state index contributed by atoms with van der Waals surface area (Å²) >= 11 is 0. The van der Waals surface area contributed by atoms with Crippen LogP contribution in [0.25, 0.3) is 11.3 Å². The molecule has 2 aliphatic rings. The van der Waals surface area contributed by atoms with Crippen LogP contribution in [0.3, 0.4) is 0 Å². The second-order valence-electron chi connectivity index (χ2n) is 7.60. The maximum Gasteiger partial charge on any atom is 0.329 e. The quantitative estimate of drug-likeness (QED) is 0.656. The van der Waals surface area contributed by atoms with Gasteiger partial charge in [-0.25, -0.2) is 19.2 Å². The van der Waals surface area contributed by atoms with Crippen molar-refractivity contribution in [2.24, 2.45) is 4.99 Å². The van der Waals surface area contributed by atoms with Gasteiger partial charge in [-0.3, -0.25) is 15.2 Å². The maximum atomic E-state index is 13.2. The van der Waals surface area contributed by atoms with Crippen molar-refractivity contribution in [3.8, 4) is 11.3 Å². The zero-order valence-corrected chi connectivity index (χ0v) is 17.0. The van der Waals surface area contributed by atoms with Gasteiger partial charge >= 0.3 is 6.03 Å². The number of aliphatic imine (C=N–C) groups is 1. The molecule has 0 radical (unpaired) electrons. The van der Waals surface area contributed by atoms with Crippen molar-refractivity contribution in [3.05, 3.63) is 66.1 Å². The van der Waals surface area contributed by atoms with Gasteiger partial charge in [0.1, 0.15) is 11.6 Å². The van der Waals surface area contributed by atoms with Crippen molar-refractivity contribution in [3.63, 3.8) is 0 Å². The molecule has 31 heavy (non-hydrogen) atoms. The number of hydrogen-bond acceptors (Lipinski definition) is 5. The first-order valence-electron chi connectivity index (χ1n) is 10.1. The lowest BCUT2D eigenvalue weighted by Gasteiger charge is -2.35. The van der Waals surface area contributed by atoms with Gasteiger partial charge in [0.25, 0.3) is 0 Å². The van der Waals surface area contributed by atoms with Crippen molar-refractivity contribution >= 4 is 29.6 Å². The molecule has 0 unspecified atom stereocenters. The number of pyridine rings is 2. The summed E-state index contributed by atoms with van der Waals surface area (Å²) in [6, 6.07) is 14.4. The summed E-state index contributed by atoms with van der Waals surface area (Å²) in [4.78, 5) is 30.1. The first-order chi connectivity index (χ1) is 15.1. The maximum absolute atomic E-state index is 13.2. The molecule has 1 N–H and O–H groups in total. The van der Waals surface area contributed by atoms with E-state index in [9.17, 15) is 9.18 Å². The largest absolute Gasteiger partial charge is 0.366 e. The number of nitrogens with one attached hydrogen (secondary N) is 1. The molecule has 2 amide bonds. The minimum atomic E-state index is -0.450. The van der Waals surface area contributed by atoms with Crippen LogP contribution in [-0.2, 0) is 0 Å². The molecule has 0 spiro atoms. The molecule has 2 aromatic heterocycles. The number of carbonyl (C=O) groups is 1. The Hall–Kier alpha value is -3.81. The highest BCUT2D eigenvalue weighted by Gasteiger charge is 2.40. The number of rotatable bonds is 3. The van der Waals surface area contributed by atoms with E-state index >= 15 is 0 Å². The van der Waals surface area contributed by atoms with Gasteiger partial charge < -0.3 is 4.90 Å². The summed E-state index contributed by atoms with van der Waals surface area (Å²) in [5, 5.41) is 2.78. The van der Waals surface area contributed by atoms with Crippen LogP contribution in [0.2, 0.25) is 0 Å². The van der Waals surface area contributed by atoms with Crippen LogP contribution >= 0.6 is 0 Å². The number of nitrogens with zero attached hydrogens (tertiary/aromatic N) is 5. The van der Waals surface area contributed by atoms with Gasteiger partial charge in [-0.1, -0.05) is 18.2 Å². The SMILES string of the molecule is C/N=C/c1cccc(-c2ccc3c(n2)N(C(=O)Nc2ccc(F)cn2)[C@H]2CCN3C2)c1. The molecule has 8 heteroatoms. The second-order valence-corrected chi connectivity index (χ2v) is 7.60. The average Bonchev–Trinajstić information content (AvgIpc) is 3.20. The highest BCUT2D eigenvalue weighted by Crippen LogP contribution is 2.40. The Labute approximate surface area is 179 Å². The minimum Gasteiger partial charge on any atom is -0.366 e. The second kappa shape index (κ2) is 7.79. The fourth-order valence-electron chi connectivity index (χ4n) is 4.18. The summed E-state index contributed by atoms with van der Waals surface area (Å²) in [5.41, 5.74) is 3.66. The van der Waals surface area contributed by atoms with Crippen molar-refractivity contribution in [2.45, 2.75) is 12.5 Å². The van der Waals surface area contributed by atoms with Gasteiger partial charge in [0.15, 0.2) is 5.82 Å². The number of anilines is 3. The highest BCUT2D eigenvalue weighted by atomic mass is 19.1. The zero-order chi connectivity index (χ0) is 21.4. The average molecular weight is 416 g/mol. The number of amides is 2. The third-order valence-corrected chi connectivity index (χ3v) is 5.59. The van der Waals surface area contributed by atoms with Crippen LogP contribution in [0.5, 0.6) is 0 Å². The third kappa shape index (κ3) is 3.61. The molecule has 4 heterocycles. The van der Waals surface area contributed by atoms with E-state index in [1.54, 1.807) is 18.2 Å². The number of urea groups is 1. The van der Waals surface area contributed by atoms with E-state index in [4.69, 9.17) is 4.98 Å². The lowest BCUT2D eigenvalue weighted by molar-refractivity contribution is 0.254. The monoisotopic (exact) mass is 416 g/mol. The van der Waals surface area contributed by atoms with Gasteiger partial charge in [0, 0.05) is 31.9 Å². The summed E-state index contributed by atoms with van der Waals surface area (Å²) in [6.45, 7) is 1.64. The molecule has 1 fully saturated rings. The van der Waals surface area contributed by atoms with E-state index in [-0.39, 0.29) is 12.1 Å². The Bertz CT molecular complexity index is 1160. The van der Waals surface area contributed by atoms with Crippen molar-refractivity contribution in [1.29, 1.82) is 0 Å². The number of carbonyl (C=O) groups excluding carboxylic acids is 1. The molecular weight excluding hydrogens is 395 g/mol. The van der Waals surface area contributed by atoms with Crippen LogP contribution < -0.4 is 15.1 Å².